The molecule has 0 aromatic heterocycles. The molecule has 2 saturated heterocycles. The van der Waals surface area contributed by atoms with Gasteiger partial charge in [0, 0.05) is 12.0 Å². The topological polar surface area (TPSA) is 87.8 Å². The highest BCUT2D eigenvalue weighted by Gasteiger charge is 2.63. The number of fused-ring (bicyclic) bond motifs is 1. The number of thioether (sulfide) groups is 1. The van der Waals surface area contributed by atoms with Crippen molar-refractivity contribution in [1.29, 1.82) is 0 Å². The van der Waals surface area contributed by atoms with Crippen molar-refractivity contribution in [2.45, 2.75) is 49.6 Å². The fraction of sp³-hybridized carbons (Fsp3) is 0.750. The van der Waals surface area contributed by atoms with Crippen molar-refractivity contribution >= 4 is 23.5 Å². The summed E-state index contributed by atoms with van der Waals surface area (Å²) < 4.78 is 16.0. The Bertz CT molecular complexity index is 537. The third-order valence-electron chi connectivity index (χ3n) is 4.78. The average molecular weight is 341 g/mol. The molecule has 2 heterocycles. The summed E-state index contributed by atoms with van der Waals surface area (Å²) in [5.41, 5.74) is 6.26. The molecule has 0 bridgehead atoms. The first-order chi connectivity index (χ1) is 11.1. The van der Waals surface area contributed by atoms with E-state index >= 15 is 0 Å². The van der Waals surface area contributed by atoms with Crippen LogP contribution in [0.3, 0.4) is 0 Å². The third kappa shape index (κ3) is 2.58. The molecule has 2 aliphatic heterocycles. The van der Waals surface area contributed by atoms with Crippen LogP contribution in [0.2, 0.25) is 0 Å². The Hall–Kier alpha value is -1.05. The zero-order valence-corrected chi connectivity index (χ0v) is 14.2. The van der Waals surface area contributed by atoms with E-state index in [0.29, 0.717) is 38.0 Å². The van der Waals surface area contributed by atoms with Gasteiger partial charge in [0.2, 0.25) is 0 Å². The first-order valence-corrected chi connectivity index (χ1v) is 9.17. The smallest absolute Gasteiger partial charge is 0.354 e. The molecule has 2 N–H and O–H groups in total. The minimum Gasteiger partial charge on any atom is -0.461 e. The molecule has 7 heteroatoms. The van der Waals surface area contributed by atoms with Crippen LogP contribution in [-0.4, -0.2) is 47.9 Å². The predicted octanol–water partition coefficient (Wildman–Crippen LogP) is 1.52. The Morgan fingerprint density at radius 3 is 2.74 bits per heavy atom. The van der Waals surface area contributed by atoms with Crippen LogP contribution >= 0.6 is 11.8 Å². The summed E-state index contributed by atoms with van der Waals surface area (Å²) in [5, 5.41) is 0. The van der Waals surface area contributed by atoms with Crippen molar-refractivity contribution < 1.29 is 23.8 Å². The first kappa shape index (κ1) is 16.8. The second-order valence-corrected chi connectivity index (χ2v) is 7.42. The number of esters is 1. The van der Waals surface area contributed by atoms with Gasteiger partial charge in [-0.3, -0.25) is 4.79 Å². The standard InChI is InChI=1S/C16H23NO5S/c1-2-20-14(19)12(17)11-5-3-6-15(13(11)18)16(7-4-10-23-15)21-8-9-22-16/h2-10,17H2,1H3/b12-11-. The van der Waals surface area contributed by atoms with Gasteiger partial charge in [0.05, 0.1) is 19.8 Å². The van der Waals surface area contributed by atoms with Gasteiger partial charge in [-0.1, -0.05) is 0 Å². The molecule has 3 aliphatic rings. The van der Waals surface area contributed by atoms with E-state index in [1.807, 2.05) is 0 Å². The lowest BCUT2D eigenvalue weighted by Crippen LogP contribution is -2.61. The van der Waals surface area contributed by atoms with Gasteiger partial charge in [0.25, 0.3) is 0 Å². The van der Waals surface area contributed by atoms with Crippen LogP contribution in [0.1, 0.15) is 39.0 Å². The fourth-order valence-electron chi connectivity index (χ4n) is 3.77. The first-order valence-electron chi connectivity index (χ1n) is 8.19. The largest absolute Gasteiger partial charge is 0.461 e. The molecule has 0 aromatic rings. The van der Waals surface area contributed by atoms with Crippen LogP contribution < -0.4 is 5.73 Å². The van der Waals surface area contributed by atoms with E-state index in [0.717, 1.165) is 18.6 Å². The van der Waals surface area contributed by atoms with Crippen molar-refractivity contribution in [1.82, 2.24) is 0 Å². The Labute approximate surface area is 140 Å². The number of allylic oxidation sites excluding steroid dienone is 1. The molecular weight excluding hydrogens is 318 g/mol. The zero-order chi connectivity index (χ0) is 16.5. The lowest BCUT2D eigenvalue weighted by atomic mass is 9.75. The Balaban J connectivity index is 1.98. The summed E-state index contributed by atoms with van der Waals surface area (Å²) in [6, 6.07) is 0. The molecule has 6 nitrogen and oxygen atoms in total. The van der Waals surface area contributed by atoms with Gasteiger partial charge in [-0.05, 0) is 38.4 Å². The van der Waals surface area contributed by atoms with Crippen molar-refractivity contribution in [2.75, 3.05) is 25.6 Å². The maximum atomic E-state index is 13.3. The van der Waals surface area contributed by atoms with Gasteiger partial charge in [0.1, 0.15) is 10.4 Å². The van der Waals surface area contributed by atoms with E-state index in [1.54, 1.807) is 18.7 Å². The molecule has 23 heavy (non-hydrogen) atoms. The molecule has 3 fully saturated rings. The predicted molar refractivity (Wildman–Crippen MR) is 85.8 cm³/mol. The van der Waals surface area contributed by atoms with Crippen LogP contribution in [-0.2, 0) is 23.8 Å². The van der Waals surface area contributed by atoms with Gasteiger partial charge < -0.3 is 19.9 Å². The Morgan fingerprint density at radius 2 is 2.04 bits per heavy atom. The van der Waals surface area contributed by atoms with E-state index in [2.05, 4.69) is 0 Å². The fourth-order valence-corrected chi connectivity index (χ4v) is 5.39. The van der Waals surface area contributed by atoms with Crippen molar-refractivity contribution in [3.05, 3.63) is 11.3 Å². The monoisotopic (exact) mass is 341 g/mol. The summed E-state index contributed by atoms with van der Waals surface area (Å²) in [4.78, 5) is 25.2. The van der Waals surface area contributed by atoms with Gasteiger partial charge in [0.15, 0.2) is 11.6 Å². The van der Waals surface area contributed by atoms with Crippen LogP contribution in [0.4, 0.5) is 0 Å². The summed E-state index contributed by atoms with van der Waals surface area (Å²) in [6.45, 7) is 2.95. The summed E-state index contributed by atoms with van der Waals surface area (Å²) in [6.07, 6.45) is 3.63. The highest BCUT2D eigenvalue weighted by atomic mass is 32.2. The van der Waals surface area contributed by atoms with Gasteiger partial charge >= 0.3 is 5.97 Å². The highest BCUT2D eigenvalue weighted by Crippen LogP contribution is 2.55. The average Bonchev–Trinajstić information content (AvgIpc) is 3.02. The van der Waals surface area contributed by atoms with Crippen LogP contribution in [0.15, 0.2) is 11.3 Å². The minimum atomic E-state index is -0.867. The van der Waals surface area contributed by atoms with E-state index in [9.17, 15) is 9.59 Å². The minimum absolute atomic E-state index is 0.0600. The molecule has 3 rings (SSSR count). The van der Waals surface area contributed by atoms with Gasteiger partial charge in [-0.25, -0.2) is 4.79 Å². The number of rotatable bonds is 2. The zero-order valence-electron chi connectivity index (χ0n) is 13.4. The summed E-state index contributed by atoms with van der Waals surface area (Å²) in [5.74, 6) is -0.711. The molecule has 1 aliphatic carbocycles. The molecule has 2 spiro atoms. The number of hydrogen-bond donors (Lipinski definition) is 1. The van der Waals surface area contributed by atoms with Crippen LogP contribution in [0, 0.1) is 0 Å². The van der Waals surface area contributed by atoms with Crippen LogP contribution in [0.25, 0.3) is 0 Å². The number of carbonyl (C=O) groups is 2. The Morgan fingerprint density at radius 1 is 1.30 bits per heavy atom. The molecule has 0 radical (unpaired) electrons. The molecule has 1 saturated carbocycles. The van der Waals surface area contributed by atoms with Gasteiger partial charge in [-0.15, -0.1) is 11.8 Å². The maximum absolute atomic E-state index is 13.3. The number of ketones is 1. The number of carbonyl (C=O) groups excluding carboxylic acids is 2. The number of ether oxygens (including phenoxy) is 3. The molecule has 128 valence electrons. The van der Waals surface area contributed by atoms with Crippen molar-refractivity contribution in [2.24, 2.45) is 5.73 Å². The summed E-state index contributed by atoms with van der Waals surface area (Å²) in [7, 11) is 0. The number of nitrogens with two attached hydrogens (primary N) is 1. The Kier molecular flexibility index (Phi) is 4.71. The van der Waals surface area contributed by atoms with E-state index in [-0.39, 0.29) is 18.1 Å². The third-order valence-corrected chi connectivity index (χ3v) is 6.47. The second kappa shape index (κ2) is 6.45. The normalized spacial score (nSPS) is 32.3. The molecule has 1 atom stereocenters. The second-order valence-electron chi connectivity index (χ2n) is 6.02. The van der Waals surface area contributed by atoms with E-state index in [1.165, 1.54) is 0 Å². The van der Waals surface area contributed by atoms with E-state index in [4.69, 9.17) is 19.9 Å². The molecule has 1 unspecified atom stereocenters. The van der Waals surface area contributed by atoms with E-state index < -0.39 is 16.5 Å². The molecular formula is C16H23NO5S. The summed E-state index contributed by atoms with van der Waals surface area (Å²) >= 11 is 1.60. The number of Topliss-reactive ketones (excluding diaryl/α,β-unsaturated/α-hetero) is 1. The lowest BCUT2D eigenvalue weighted by Gasteiger charge is -2.50. The SMILES string of the molecule is CCOC(=O)/C(N)=C1\CCCC2(SCCCC23OCCO3)C1=O. The highest BCUT2D eigenvalue weighted by molar-refractivity contribution is 8.01. The van der Waals surface area contributed by atoms with Crippen LogP contribution in [0.5, 0.6) is 0 Å². The van der Waals surface area contributed by atoms with Crippen molar-refractivity contribution in [3.63, 3.8) is 0 Å². The van der Waals surface area contributed by atoms with Crippen molar-refractivity contribution in [3.8, 4) is 0 Å². The maximum Gasteiger partial charge on any atom is 0.354 e. The van der Waals surface area contributed by atoms with Gasteiger partial charge in [-0.2, -0.15) is 0 Å². The lowest BCUT2D eigenvalue weighted by molar-refractivity contribution is -0.193. The quantitative estimate of drug-likeness (QED) is 0.602. The molecule has 0 aromatic carbocycles. The molecule has 0 amide bonds. The number of hydrogen-bond acceptors (Lipinski definition) is 7.